The second-order valence-electron chi connectivity index (χ2n) is 7.63. The first kappa shape index (κ1) is 18.7. The van der Waals surface area contributed by atoms with E-state index in [9.17, 15) is 4.79 Å². The van der Waals surface area contributed by atoms with Crippen molar-refractivity contribution >= 4 is 16.8 Å². The number of hydrogen-bond donors (Lipinski definition) is 0. The molecule has 1 aromatic carbocycles. The van der Waals surface area contributed by atoms with Crippen molar-refractivity contribution in [1.82, 2.24) is 14.5 Å². The zero-order chi connectivity index (χ0) is 19.7. The predicted molar refractivity (Wildman–Crippen MR) is 107 cm³/mol. The van der Waals surface area contributed by atoms with E-state index in [0.717, 1.165) is 16.6 Å². The van der Waals surface area contributed by atoms with Gasteiger partial charge >= 0.3 is 0 Å². The number of para-hydroxylation sites is 1. The van der Waals surface area contributed by atoms with E-state index in [4.69, 9.17) is 9.47 Å². The van der Waals surface area contributed by atoms with Gasteiger partial charge in [-0.2, -0.15) is 0 Å². The van der Waals surface area contributed by atoms with Crippen LogP contribution in [0.25, 0.3) is 10.9 Å². The van der Waals surface area contributed by atoms with Crippen LogP contribution >= 0.6 is 0 Å². The summed E-state index contributed by atoms with van der Waals surface area (Å²) in [6.45, 7) is 5.22. The van der Waals surface area contributed by atoms with E-state index in [0.29, 0.717) is 25.3 Å². The second kappa shape index (κ2) is 7.37. The molecule has 0 radical (unpaired) electrons. The summed E-state index contributed by atoms with van der Waals surface area (Å²) < 4.78 is 13.8. The molecule has 2 aromatic heterocycles. The van der Waals surface area contributed by atoms with Crippen molar-refractivity contribution in [2.24, 2.45) is 7.05 Å². The fraction of sp³-hybridized carbons (Fsp3) is 0.364. The number of rotatable bonds is 5. The summed E-state index contributed by atoms with van der Waals surface area (Å²) in [6.07, 6.45) is 3.12. The molecule has 6 heteroatoms. The van der Waals surface area contributed by atoms with Crippen LogP contribution in [0.5, 0.6) is 0 Å². The van der Waals surface area contributed by atoms with Gasteiger partial charge in [0.2, 0.25) is 0 Å². The molecule has 0 bridgehead atoms. The lowest BCUT2D eigenvalue weighted by atomic mass is 10.2. The number of pyridine rings is 1. The van der Waals surface area contributed by atoms with Crippen LogP contribution in [0.3, 0.4) is 0 Å². The fourth-order valence-corrected chi connectivity index (χ4v) is 3.69. The first-order chi connectivity index (χ1) is 13.4. The van der Waals surface area contributed by atoms with Gasteiger partial charge in [0.05, 0.1) is 19.7 Å². The van der Waals surface area contributed by atoms with Crippen molar-refractivity contribution in [2.75, 3.05) is 13.2 Å². The molecule has 1 aliphatic heterocycles. The predicted octanol–water partition coefficient (Wildman–Crippen LogP) is 3.37. The molecular weight excluding hydrogens is 354 g/mol. The third-order valence-electron chi connectivity index (χ3n) is 5.11. The van der Waals surface area contributed by atoms with Crippen LogP contribution in [0.1, 0.15) is 29.9 Å². The van der Waals surface area contributed by atoms with Crippen molar-refractivity contribution in [2.45, 2.75) is 32.3 Å². The maximum Gasteiger partial charge on any atom is 0.254 e. The van der Waals surface area contributed by atoms with Gasteiger partial charge in [-0.15, -0.1) is 0 Å². The molecular formula is C22H25N3O3. The lowest BCUT2D eigenvalue weighted by Gasteiger charge is -2.26. The fourth-order valence-electron chi connectivity index (χ4n) is 3.69. The number of hydrogen-bond acceptors (Lipinski definition) is 4. The van der Waals surface area contributed by atoms with Crippen LogP contribution in [0, 0.1) is 0 Å². The minimum Gasteiger partial charge on any atom is -0.348 e. The lowest BCUT2D eigenvalue weighted by molar-refractivity contribution is -0.139. The molecule has 3 aromatic rings. The number of benzene rings is 1. The zero-order valence-electron chi connectivity index (χ0n) is 16.5. The highest BCUT2D eigenvalue weighted by Gasteiger charge is 2.34. The number of nitrogens with zero attached hydrogens (tertiary/aromatic N) is 3. The van der Waals surface area contributed by atoms with Gasteiger partial charge in [-0.3, -0.25) is 9.78 Å². The SMILES string of the molecule is Cn1c(CN(C[C@@H]2COC(C)(C)O2)C(=O)c2ccncc2)cc2ccccc21. The maximum atomic E-state index is 13.2. The molecule has 0 spiro atoms. The molecule has 0 N–H and O–H groups in total. The minimum atomic E-state index is -0.615. The molecule has 1 aliphatic rings. The molecule has 1 saturated heterocycles. The third kappa shape index (κ3) is 3.79. The van der Waals surface area contributed by atoms with Gasteiger partial charge < -0.3 is 18.9 Å². The van der Waals surface area contributed by atoms with Crippen LogP contribution in [0.4, 0.5) is 0 Å². The standard InChI is InChI=1S/C22H25N3O3/c1-22(2)27-15-19(28-22)14-25(21(26)16-8-10-23-11-9-16)13-18-12-17-6-4-5-7-20(17)24(18)3/h4-12,19H,13-15H2,1-3H3/t19-/m1/s1. The minimum absolute atomic E-state index is 0.0408. The summed E-state index contributed by atoms with van der Waals surface area (Å²) >= 11 is 0. The number of ether oxygens (including phenoxy) is 2. The highest BCUT2D eigenvalue weighted by atomic mass is 16.7. The van der Waals surface area contributed by atoms with Crippen molar-refractivity contribution in [3.8, 4) is 0 Å². The van der Waals surface area contributed by atoms with Gasteiger partial charge in [-0.25, -0.2) is 0 Å². The number of aromatic nitrogens is 2. The monoisotopic (exact) mass is 379 g/mol. The summed E-state index contributed by atoms with van der Waals surface area (Å²) in [7, 11) is 2.03. The largest absolute Gasteiger partial charge is 0.348 e. The highest BCUT2D eigenvalue weighted by Crippen LogP contribution is 2.25. The Balaban J connectivity index is 1.62. The Morgan fingerprint density at radius 2 is 2.00 bits per heavy atom. The quantitative estimate of drug-likeness (QED) is 0.682. The average Bonchev–Trinajstić information content (AvgIpc) is 3.20. The number of carbonyl (C=O) groups excluding carboxylic acids is 1. The normalized spacial score (nSPS) is 18.5. The van der Waals surface area contributed by atoms with E-state index in [-0.39, 0.29) is 12.0 Å². The Hall–Kier alpha value is -2.70. The van der Waals surface area contributed by atoms with Crippen LogP contribution in [-0.2, 0) is 23.1 Å². The molecule has 1 atom stereocenters. The number of aryl methyl sites for hydroxylation is 1. The van der Waals surface area contributed by atoms with Crippen LogP contribution in [0.15, 0.2) is 54.9 Å². The molecule has 6 nitrogen and oxygen atoms in total. The summed E-state index contributed by atoms with van der Waals surface area (Å²) in [6, 6.07) is 13.8. The molecule has 1 amide bonds. The van der Waals surface area contributed by atoms with E-state index in [2.05, 4.69) is 27.8 Å². The van der Waals surface area contributed by atoms with Gasteiger partial charge in [0.15, 0.2) is 5.79 Å². The highest BCUT2D eigenvalue weighted by molar-refractivity contribution is 5.94. The Kier molecular flexibility index (Phi) is 4.91. The number of amides is 1. The van der Waals surface area contributed by atoms with Crippen LogP contribution in [0.2, 0.25) is 0 Å². The smallest absolute Gasteiger partial charge is 0.254 e. The Labute approximate surface area is 164 Å². The van der Waals surface area contributed by atoms with Gasteiger partial charge in [-0.1, -0.05) is 18.2 Å². The van der Waals surface area contributed by atoms with E-state index in [1.807, 2.05) is 37.9 Å². The zero-order valence-corrected chi connectivity index (χ0v) is 16.5. The molecule has 4 rings (SSSR count). The Morgan fingerprint density at radius 3 is 2.68 bits per heavy atom. The van der Waals surface area contributed by atoms with Crippen molar-refractivity contribution in [1.29, 1.82) is 0 Å². The second-order valence-corrected chi connectivity index (χ2v) is 7.63. The summed E-state index contributed by atoms with van der Waals surface area (Å²) in [5.41, 5.74) is 2.84. The van der Waals surface area contributed by atoms with E-state index < -0.39 is 5.79 Å². The van der Waals surface area contributed by atoms with Crippen LogP contribution in [-0.4, -0.2) is 45.4 Å². The number of carbonyl (C=O) groups is 1. The number of fused-ring (bicyclic) bond motifs is 1. The molecule has 0 unspecified atom stereocenters. The van der Waals surface area contributed by atoms with E-state index >= 15 is 0 Å². The Morgan fingerprint density at radius 1 is 1.25 bits per heavy atom. The van der Waals surface area contributed by atoms with Gasteiger partial charge in [0.25, 0.3) is 5.91 Å². The van der Waals surface area contributed by atoms with Crippen molar-refractivity contribution < 1.29 is 14.3 Å². The van der Waals surface area contributed by atoms with Crippen molar-refractivity contribution in [3.63, 3.8) is 0 Å². The van der Waals surface area contributed by atoms with Gasteiger partial charge in [0, 0.05) is 36.2 Å². The van der Waals surface area contributed by atoms with Gasteiger partial charge in [-0.05, 0) is 43.5 Å². The molecule has 1 fully saturated rings. The molecule has 28 heavy (non-hydrogen) atoms. The maximum absolute atomic E-state index is 13.2. The summed E-state index contributed by atoms with van der Waals surface area (Å²) in [5, 5.41) is 1.16. The first-order valence-corrected chi connectivity index (χ1v) is 9.47. The summed E-state index contributed by atoms with van der Waals surface area (Å²) in [5.74, 6) is -0.656. The third-order valence-corrected chi connectivity index (χ3v) is 5.11. The molecule has 146 valence electrons. The molecule has 0 aliphatic carbocycles. The summed E-state index contributed by atoms with van der Waals surface area (Å²) in [4.78, 5) is 19.1. The van der Waals surface area contributed by atoms with Crippen LogP contribution < -0.4 is 0 Å². The first-order valence-electron chi connectivity index (χ1n) is 9.47. The lowest BCUT2D eigenvalue weighted by Crippen LogP contribution is -2.39. The van der Waals surface area contributed by atoms with E-state index in [1.54, 1.807) is 24.5 Å². The Bertz CT molecular complexity index is 981. The molecule has 0 saturated carbocycles. The van der Waals surface area contributed by atoms with Gasteiger partial charge in [0.1, 0.15) is 6.10 Å². The molecule has 3 heterocycles. The topological polar surface area (TPSA) is 56.6 Å². The van der Waals surface area contributed by atoms with E-state index in [1.165, 1.54) is 0 Å². The van der Waals surface area contributed by atoms with Crippen molar-refractivity contribution in [3.05, 3.63) is 66.1 Å². The average molecular weight is 379 g/mol.